The van der Waals surface area contributed by atoms with Crippen LogP contribution in [0, 0.1) is 20.8 Å². The molecule has 2 N–H and O–H groups in total. The van der Waals surface area contributed by atoms with E-state index < -0.39 is 17.8 Å². The van der Waals surface area contributed by atoms with Crippen LogP contribution >= 0.6 is 0 Å². The number of piperidine rings is 1. The summed E-state index contributed by atoms with van der Waals surface area (Å²) in [6.45, 7) is 9.46. The lowest BCUT2D eigenvalue weighted by Gasteiger charge is -2.42. The number of aryl methyl sites for hydroxylation is 2. The monoisotopic (exact) mass is 583 g/mol. The second-order valence-corrected chi connectivity index (χ2v) is 11.2. The highest BCUT2D eigenvalue weighted by Crippen LogP contribution is 2.35. The zero-order valence-corrected chi connectivity index (χ0v) is 25.0. The average Bonchev–Trinajstić information content (AvgIpc) is 2.95. The number of pyridine rings is 2. The predicted molar refractivity (Wildman–Crippen MR) is 158 cm³/mol. The van der Waals surface area contributed by atoms with E-state index in [4.69, 9.17) is 10.5 Å². The number of ether oxygens (including phenoxy) is 1. The van der Waals surface area contributed by atoms with Gasteiger partial charge in [-0.2, -0.15) is 13.2 Å². The minimum atomic E-state index is -4.61. The third-order valence-corrected chi connectivity index (χ3v) is 8.54. The number of rotatable bonds is 10. The molecule has 4 rings (SSSR count). The number of likely N-dealkylation sites (tertiary alicyclic amines) is 1. The Morgan fingerprint density at radius 3 is 2.38 bits per heavy atom. The molecule has 0 aliphatic carbocycles. The molecule has 2 aromatic heterocycles. The molecule has 3 aromatic rings. The Balaban J connectivity index is 1.47. The summed E-state index contributed by atoms with van der Waals surface area (Å²) in [5.74, 6) is 0.0426. The minimum absolute atomic E-state index is 0.00841. The first-order chi connectivity index (χ1) is 19.9. The molecule has 0 saturated carbocycles. The summed E-state index contributed by atoms with van der Waals surface area (Å²) < 4.78 is 47.1. The Morgan fingerprint density at radius 1 is 1.14 bits per heavy atom. The van der Waals surface area contributed by atoms with Gasteiger partial charge in [0.1, 0.15) is 11.4 Å². The van der Waals surface area contributed by atoms with Crippen molar-refractivity contribution >= 4 is 11.6 Å². The summed E-state index contributed by atoms with van der Waals surface area (Å²) in [7, 11) is 1.65. The first kappa shape index (κ1) is 31.3. The molecule has 3 heterocycles. The number of hydrogen-bond donors (Lipinski definition) is 1. The Morgan fingerprint density at radius 2 is 1.81 bits per heavy atom. The molecule has 1 fully saturated rings. The maximum Gasteiger partial charge on any atom is 0.433 e. The lowest BCUT2D eigenvalue weighted by molar-refractivity contribution is -0.142. The highest BCUT2D eigenvalue weighted by Gasteiger charge is 2.38. The molecule has 0 radical (unpaired) electrons. The molecule has 10 heteroatoms. The van der Waals surface area contributed by atoms with Crippen LogP contribution in [0.2, 0.25) is 0 Å². The van der Waals surface area contributed by atoms with Crippen molar-refractivity contribution in [2.75, 3.05) is 25.1 Å². The molecule has 0 bridgehead atoms. The fraction of sp³-hybridized carbons (Fsp3) is 0.469. The van der Waals surface area contributed by atoms with Gasteiger partial charge in [0.15, 0.2) is 0 Å². The van der Waals surface area contributed by atoms with Crippen LogP contribution in [-0.4, -0.2) is 53.1 Å². The molecule has 1 amide bonds. The Hall–Kier alpha value is -3.66. The summed E-state index contributed by atoms with van der Waals surface area (Å²) in [4.78, 5) is 24.8. The first-order valence-electron chi connectivity index (χ1n) is 14.3. The Kier molecular flexibility index (Phi) is 9.76. The average molecular weight is 584 g/mol. The standard InChI is InChI=1S/C32H40F3N5O2/c1-20-12-15-37-18-24(20)19-40(25-7-9-27(42-5)10-8-25)26-13-16-39(17-14-26)21(2)6-11-28-22(3)29(31(36)41)23(4)38-30(28)32(33,34)35/h7-10,12,15,18,21,26H,6,11,13-14,16-17,19H2,1-5H3,(H2,36,41)/t21-/m1/s1. The zero-order valence-electron chi connectivity index (χ0n) is 25.0. The molecule has 1 saturated heterocycles. The number of halogens is 3. The van der Waals surface area contributed by atoms with E-state index in [2.05, 4.69) is 45.7 Å². The van der Waals surface area contributed by atoms with Gasteiger partial charge in [-0.05, 0) is 106 Å². The SMILES string of the molecule is COc1ccc(N(Cc2cnccc2C)C2CCN([C@H](C)CCc3c(C(F)(F)F)nc(C)c(C(N)=O)c3C)CC2)cc1. The van der Waals surface area contributed by atoms with Crippen molar-refractivity contribution in [3.05, 3.63) is 81.9 Å². The first-order valence-corrected chi connectivity index (χ1v) is 14.3. The number of alkyl halides is 3. The highest BCUT2D eigenvalue weighted by molar-refractivity contribution is 5.95. The van der Waals surface area contributed by atoms with Gasteiger partial charge in [-0.3, -0.25) is 9.78 Å². The molecule has 226 valence electrons. The summed E-state index contributed by atoms with van der Waals surface area (Å²) in [6, 6.07) is 10.5. The van der Waals surface area contributed by atoms with E-state index in [0.29, 0.717) is 12.5 Å². The van der Waals surface area contributed by atoms with Crippen molar-refractivity contribution in [2.45, 2.75) is 78.2 Å². The van der Waals surface area contributed by atoms with Crippen LogP contribution in [0.5, 0.6) is 5.75 Å². The molecular weight excluding hydrogens is 543 g/mol. The van der Waals surface area contributed by atoms with Crippen molar-refractivity contribution in [2.24, 2.45) is 5.73 Å². The number of methoxy groups -OCH3 is 1. The smallest absolute Gasteiger partial charge is 0.433 e. The van der Waals surface area contributed by atoms with Crippen molar-refractivity contribution in [1.29, 1.82) is 0 Å². The number of carbonyl (C=O) groups excluding carboxylic acids is 1. The number of nitrogens with two attached hydrogens (primary N) is 1. The lowest BCUT2D eigenvalue weighted by Crippen LogP contribution is -2.47. The second-order valence-electron chi connectivity index (χ2n) is 11.2. The van der Waals surface area contributed by atoms with Crippen molar-refractivity contribution < 1.29 is 22.7 Å². The van der Waals surface area contributed by atoms with Gasteiger partial charge < -0.3 is 20.3 Å². The summed E-state index contributed by atoms with van der Waals surface area (Å²) >= 11 is 0. The van der Waals surface area contributed by atoms with E-state index in [1.807, 2.05) is 24.4 Å². The Labute approximate surface area is 245 Å². The molecule has 42 heavy (non-hydrogen) atoms. The van der Waals surface area contributed by atoms with E-state index in [1.54, 1.807) is 13.3 Å². The second kappa shape index (κ2) is 13.1. The molecular formula is C32H40F3N5O2. The number of primary amides is 1. The molecule has 0 spiro atoms. The van der Waals surface area contributed by atoms with E-state index >= 15 is 0 Å². The Bertz CT molecular complexity index is 1390. The van der Waals surface area contributed by atoms with Gasteiger partial charge in [0.25, 0.3) is 5.91 Å². The van der Waals surface area contributed by atoms with E-state index in [9.17, 15) is 18.0 Å². The maximum atomic E-state index is 13.9. The third-order valence-electron chi connectivity index (χ3n) is 8.54. The summed E-state index contributed by atoms with van der Waals surface area (Å²) in [5, 5.41) is 0. The van der Waals surface area contributed by atoms with Crippen LogP contribution in [-0.2, 0) is 19.1 Å². The van der Waals surface area contributed by atoms with Gasteiger partial charge in [0.2, 0.25) is 0 Å². The van der Waals surface area contributed by atoms with E-state index in [-0.39, 0.29) is 34.8 Å². The van der Waals surface area contributed by atoms with Gasteiger partial charge in [-0.15, -0.1) is 0 Å². The van der Waals surface area contributed by atoms with E-state index in [0.717, 1.165) is 43.9 Å². The fourth-order valence-electron chi connectivity index (χ4n) is 6.02. The molecule has 0 unspecified atom stereocenters. The third kappa shape index (κ3) is 7.03. The number of amides is 1. The summed E-state index contributed by atoms with van der Waals surface area (Å²) in [5.41, 5.74) is 8.44. The normalized spacial score (nSPS) is 15.4. The molecule has 1 aliphatic heterocycles. The van der Waals surface area contributed by atoms with E-state index in [1.165, 1.54) is 25.0 Å². The van der Waals surface area contributed by atoms with Crippen LogP contribution < -0.4 is 15.4 Å². The van der Waals surface area contributed by atoms with Crippen LogP contribution in [0.15, 0.2) is 42.7 Å². The number of carbonyl (C=O) groups is 1. The van der Waals surface area contributed by atoms with Crippen molar-refractivity contribution in [3.63, 3.8) is 0 Å². The maximum absolute atomic E-state index is 13.9. The molecule has 1 atom stereocenters. The number of anilines is 1. The van der Waals surface area contributed by atoms with Crippen LogP contribution in [0.1, 0.15) is 70.2 Å². The van der Waals surface area contributed by atoms with Crippen LogP contribution in [0.4, 0.5) is 18.9 Å². The topological polar surface area (TPSA) is 84.6 Å². The van der Waals surface area contributed by atoms with Gasteiger partial charge in [0.05, 0.1) is 18.4 Å². The largest absolute Gasteiger partial charge is 0.497 e. The molecule has 1 aliphatic rings. The van der Waals surface area contributed by atoms with Crippen molar-refractivity contribution in [3.8, 4) is 5.75 Å². The minimum Gasteiger partial charge on any atom is -0.497 e. The molecule has 1 aromatic carbocycles. The number of aromatic nitrogens is 2. The fourth-order valence-corrected chi connectivity index (χ4v) is 6.02. The van der Waals surface area contributed by atoms with Crippen molar-refractivity contribution in [1.82, 2.24) is 14.9 Å². The predicted octanol–water partition coefficient (Wildman–Crippen LogP) is 6.02. The van der Waals surface area contributed by atoms with Gasteiger partial charge in [0, 0.05) is 49.8 Å². The lowest BCUT2D eigenvalue weighted by atomic mass is 9.93. The zero-order chi connectivity index (χ0) is 30.6. The molecule has 7 nitrogen and oxygen atoms in total. The number of nitrogens with zero attached hydrogens (tertiary/aromatic N) is 4. The van der Waals surface area contributed by atoms with Gasteiger partial charge in [-0.1, -0.05) is 0 Å². The summed E-state index contributed by atoms with van der Waals surface area (Å²) in [6.07, 6.45) is 1.62. The van der Waals surface area contributed by atoms with Gasteiger partial charge in [-0.25, -0.2) is 4.98 Å². The highest BCUT2D eigenvalue weighted by atomic mass is 19.4. The number of benzene rings is 1. The van der Waals surface area contributed by atoms with Crippen LogP contribution in [0.3, 0.4) is 0 Å². The number of hydrogen-bond acceptors (Lipinski definition) is 6. The quantitative estimate of drug-likeness (QED) is 0.314. The van der Waals surface area contributed by atoms with Crippen LogP contribution in [0.25, 0.3) is 0 Å². The van der Waals surface area contributed by atoms with Gasteiger partial charge >= 0.3 is 6.18 Å².